The molecule has 164 valence electrons. The van der Waals surface area contributed by atoms with Crippen LogP contribution < -0.4 is 9.47 Å². The molecule has 1 fully saturated rings. The number of amides is 2. The molecule has 4 rings (SSSR count). The highest BCUT2D eigenvalue weighted by atomic mass is 32.2. The van der Waals surface area contributed by atoms with Gasteiger partial charge in [0.05, 0.1) is 11.5 Å². The third-order valence-electron chi connectivity index (χ3n) is 5.09. The molecule has 1 aliphatic rings. The van der Waals surface area contributed by atoms with E-state index >= 15 is 0 Å². The normalized spacial score (nSPS) is 15.1. The first-order valence-corrected chi connectivity index (χ1v) is 11.5. The van der Waals surface area contributed by atoms with Crippen molar-refractivity contribution in [2.45, 2.75) is 26.9 Å². The van der Waals surface area contributed by atoms with E-state index in [0.29, 0.717) is 36.2 Å². The Morgan fingerprint density at radius 3 is 2.50 bits per heavy atom. The second kappa shape index (κ2) is 9.92. The van der Waals surface area contributed by atoms with Gasteiger partial charge in [-0.3, -0.25) is 14.5 Å². The molecule has 1 saturated heterocycles. The topological polar surface area (TPSA) is 55.8 Å². The van der Waals surface area contributed by atoms with Gasteiger partial charge in [-0.15, -0.1) is 0 Å². The Bertz CT molecular complexity index is 1190. The van der Waals surface area contributed by atoms with E-state index in [4.69, 9.17) is 9.47 Å². The summed E-state index contributed by atoms with van der Waals surface area (Å²) in [5.74, 6) is 1.00. The van der Waals surface area contributed by atoms with Crippen molar-refractivity contribution in [1.29, 1.82) is 0 Å². The molecule has 3 aromatic rings. The first-order chi connectivity index (χ1) is 15.6. The highest BCUT2D eigenvalue weighted by Crippen LogP contribution is 2.35. The molecular weight excluding hydrogens is 422 g/mol. The Hall–Kier alpha value is -3.25. The minimum atomic E-state index is -0.239. The van der Waals surface area contributed by atoms with Gasteiger partial charge in [0.2, 0.25) is 0 Å². The molecule has 0 spiro atoms. The predicted octanol–water partition coefficient (Wildman–Crippen LogP) is 6.26. The number of benzene rings is 3. The lowest BCUT2D eigenvalue weighted by Crippen LogP contribution is -2.28. The van der Waals surface area contributed by atoms with Crippen molar-refractivity contribution in [3.8, 4) is 11.5 Å². The lowest BCUT2D eigenvalue weighted by atomic mass is 10.1. The molecule has 5 nitrogen and oxygen atoms in total. The lowest BCUT2D eigenvalue weighted by Gasteiger charge is -2.13. The summed E-state index contributed by atoms with van der Waals surface area (Å²) in [5.41, 5.74) is 1.85. The summed E-state index contributed by atoms with van der Waals surface area (Å²) in [6.07, 6.45) is 2.47. The number of imide groups is 1. The van der Waals surface area contributed by atoms with E-state index in [-0.39, 0.29) is 11.1 Å². The van der Waals surface area contributed by atoms with Crippen LogP contribution in [0.3, 0.4) is 0 Å². The van der Waals surface area contributed by atoms with Gasteiger partial charge in [0.15, 0.2) is 11.5 Å². The maximum Gasteiger partial charge on any atom is 0.293 e. The standard InChI is InChI=1S/C26H25NO4S/c1-3-13-27-25(28)24(32-26(27)29)16-18-10-12-22(23(15-18)30-4-2)31-17-19-9-11-20-7-5-6-8-21(20)14-19/h5-12,14-16H,3-4,13,17H2,1-2H3/b24-16+. The number of carbonyl (C=O) groups excluding carboxylic acids is 2. The quantitative estimate of drug-likeness (QED) is 0.381. The average Bonchev–Trinajstić information content (AvgIpc) is 3.06. The van der Waals surface area contributed by atoms with Crippen LogP contribution in [0.2, 0.25) is 0 Å². The maximum absolute atomic E-state index is 12.5. The molecule has 0 aromatic heterocycles. The molecule has 0 saturated carbocycles. The van der Waals surface area contributed by atoms with Gasteiger partial charge in [0, 0.05) is 6.54 Å². The first kappa shape index (κ1) is 22.0. The smallest absolute Gasteiger partial charge is 0.293 e. The number of thioether (sulfide) groups is 1. The van der Waals surface area contributed by atoms with Crippen LogP contribution in [0.4, 0.5) is 4.79 Å². The van der Waals surface area contributed by atoms with E-state index in [0.717, 1.165) is 29.3 Å². The molecule has 0 N–H and O–H groups in total. The summed E-state index contributed by atoms with van der Waals surface area (Å²) < 4.78 is 11.8. The van der Waals surface area contributed by atoms with E-state index in [1.165, 1.54) is 15.7 Å². The maximum atomic E-state index is 12.5. The molecule has 3 aromatic carbocycles. The third-order valence-corrected chi connectivity index (χ3v) is 6.00. The molecule has 32 heavy (non-hydrogen) atoms. The van der Waals surface area contributed by atoms with Crippen molar-refractivity contribution in [3.05, 3.63) is 76.7 Å². The van der Waals surface area contributed by atoms with Crippen LogP contribution in [0, 0.1) is 0 Å². The number of carbonyl (C=O) groups is 2. The van der Waals surface area contributed by atoms with Crippen molar-refractivity contribution >= 4 is 39.8 Å². The van der Waals surface area contributed by atoms with Crippen molar-refractivity contribution in [2.75, 3.05) is 13.2 Å². The third kappa shape index (κ3) is 4.81. The molecule has 1 aliphatic heterocycles. The van der Waals surface area contributed by atoms with Crippen LogP contribution in [-0.4, -0.2) is 29.2 Å². The lowest BCUT2D eigenvalue weighted by molar-refractivity contribution is -0.122. The van der Waals surface area contributed by atoms with Gasteiger partial charge < -0.3 is 9.47 Å². The van der Waals surface area contributed by atoms with E-state index in [9.17, 15) is 9.59 Å². The second-order valence-electron chi connectivity index (χ2n) is 7.44. The number of fused-ring (bicyclic) bond motifs is 1. The van der Waals surface area contributed by atoms with Gasteiger partial charge in [-0.25, -0.2) is 0 Å². The Morgan fingerprint density at radius 1 is 0.906 bits per heavy atom. The monoisotopic (exact) mass is 447 g/mol. The van der Waals surface area contributed by atoms with Gasteiger partial charge in [-0.05, 0) is 71.3 Å². The molecule has 0 bridgehead atoms. The molecule has 0 radical (unpaired) electrons. The Kier molecular flexibility index (Phi) is 6.81. The summed E-state index contributed by atoms with van der Waals surface area (Å²) in [5, 5.41) is 2.15. The highest BCUT2D eigenvalue weighted by molar-refractivity contribution is 8.18. The fourth-order valence-electron chi connectivity index (χ4n) is 3.56. The predicted molar refractivity (Wildman–Crippen MR) is 129 cm³/mol. The number of hydrogen-bond donors (Lipinski definition) is 0. The molecular formula is C26H25NO4S. The molecule has 0 aliphatic carbocycles. The van der Waals surface area contributed by atoms with Crippen LogP contribution in [0.1, 0.15) is 31.4 Å². The van der Waals surface area contributed by atoms with Crippen molar-refractivity contribution in [1.82, 2.24) is 4.90 Å². The molecule has 0 unspecified atom stereocenters. The zero-order chi connectivity index (χ0) is 22.5. The van der Waals surface area contributed by atoms with Gasteiger partial charge in [0.25, 0.3) is 11.1 Å². The van der Waals surface area contributed by atoms with E-state index in [1.807, 2.05) is 44.2 Å². The van der Waals surface area contributed by atoms with Crippen LogP contribution in [0.25, 0.3) is 16.8 Å². The van der Waals surface area contributed by atoms with Crippen molar-refractivity contribution < 1.29 is 19.1 Å². The summed E-state index contributed by atoms with van der Waals surface area (Å²) in [7, 11) is 0. The van der Waals surface area contributed by atoms with Gasteiger partial charge >= 0.3 is 0 Å². The molecule has 1 heterocycles. The van der Waals surface area contributed by atoms with Crippen LogP contribution >= 0.6 is 11.8 Å². The zero-order valence-corrected chi connectivity index (χ0v) is 19.0. The van der Waals surface area contributed by atoms with Gasteiger partial charge in [0.1, 0.15) is 6.61 Å². The van der Waals surface area contributed by atoms with Crippen LogP contribution in [0.15, 0.2) is 65.6 Å². The van der Waals surface area contributed by atoms with Crippen molar-refractivity contribution in [3.63, 3.8) is 0 Å². The van der Waals surface area contributed by atoms with Gasteiger partial charge in [-0.2, -0.15) is 0 Å². The number of hydrogen-bond acceptors (Lipinski definition) is 5. The van der Waals surface area contributed by atoms with Crippen LogP contribution in [0.5, 0.6) is 11.5 Å². The fraction of sp³-hybridized carbons (Fsp3) is 0.231. The molecule has 2 amide bonds. The fourth-order valence-corrected chi connectivity index (χ4v) is 4.42. The number of rotatable bonds is 8. The van der Waals surface area contributed by atoms with E-state index in [1.54, 1.807) is 6.08 Å². The minimum Gasteiger partial charge on any atom is -0.490 e. The first-order valence-electron chi connectivity index (χ1n) is 10.7. The SMILES string of the molecule is CCCN1C(=O)S/C(=C/c2ccc(OCc3ccc4ccccc4c3)c(OCC)c2)C1=O. The Labute approximate surface area is 192 Å². The van der Waals surface area contributed by atoms with Gasteiger partial charge in [-0.1, -0.05) is 49.4 Å². The molecule has 6 heteroatoms. The second-order valence-corrected chi connectivity index (χ2v) is 8.44. The Balaban J connectivity index is 1.52. The van der Waals surface area contributed by atoms with Crippen molar-refractivity contribution in [2.24, 2.45) is 0 Å². The summed E-state index contributed by atoms with van der Waals surface area (Å²) in [6, 6.07) is 20.0. The van der Waals surface area contributed by atoms with Crippen LogP contribution in [-0.2, 0) is 11.4 Å². The van der Waals surface area contributed by atoms with E-state index in [2.05, 4.69) is 30.3 Å². The summed E-state index contributed by atoms with van der Waals surface area (Å²) >= 11 is 0.975. The largest absolute Gasteiger partial charge is 0.490 e. The number of ether oxygens (including phenoxy) is 2. The minimum absolute atomic E-state index is 0.219. The average molecular weight is 448 g/mol. The highest BCUT2D eigenvalue weighted by Gasteiger charge is 2.34. The number of nitrogens with zero attached hydrogens (tertiary/aromatic N) is 1. The van der Waals surface area contributed by atoms with E-state index < -0.39 is 0 Å². The zero-order valence-electron chi connectivity index (χ0n) is 18.2. The summed E-state index contributed by atoms with van der Waals surface area (Å²) in [6.45, 7) is 5.20. The molecule has 0 atom stereocenters. The summed E-state index contributed by atoms with van der Waals surface area (Å²) in [4.78, 5) is 26.3. The Morgan fingerprint density at radius 2 is 1.72 bits per heavy atom.